The van der Waals surface area contributed by atoms with Crippen LogP contribution in [0.5, 0.6) is 5.88 Å². The molecule has 7 heteroatoms. The van der Waals surface area contributed by atoms with Crippen LogP contribution in [0.25, 0.3) is 0 Å². The van der Waals surface area contributed by atoms with Gasteiger partial charge in [0.2, 0.25) is 11.8 Å². The van der Waals surface area contributed by atoms with Crippen LogP contribution in [0.1, 0.15) is 5.69 Å². The highest BCUT2D eigenvalue weighted by molar-refractivity contribution is 5.30. The van der Waals surface area contributed by atoms with Crippen molar-refractivity contribution in [3.63, 3.8) is 0 Å². The number of alkyl halides is 3. The van der Waals surface area contributed by atoms with E-state index in [1.807, 2.05) is 6.07 Å². The van der Waals surface area contributed by atoms with Crippen LogP contribution in [0.4, 0.5) is 19.1 Å². The monoisotopic (exact) mass is 206 g/mol. The zero-order valence-electron chi connectivity index (χ0n) is 7.44. The Labute approximate surface area is 78.1 Å². The molecular weight excluding hydrogens is 199 g/mol. The van der Waals surface area contributed by atoms with E-state index in [2.05, 4.69) is 20.0 Å². The molecule has 1 N–H and O–H groups in total. The molecule has 77 valence electrons. The average molecular weight is 206 g/mol. The lowest BCUT2D eigenvalue weighted by Gasteiger charge is -2.08. The van der Waals surface area contributed by atoms with E-state index in [4.69, 9.17) is 0 Å². The van der Waals surface area contributed by atoms with Gasteiger partial charge in [-0.2, -0.15) is 18.2 Å². The molecular formula is C7H7F3N3O. The lowest BCUT2D eigenvalue weighted by atomic mass is 10.4. The number of methoxy groups -OCH3 is 1. The van der Waals surface area contributed by atoms with Gasteiger partial charge in [0, 0.05) is 7.05 Å². The molecule has 1 rings (SSSR count). The molecule has 0 atom stereocenters. The molecule has 0 aliphatic heterocycles. The summed E-state index contributed by atoms with van der Waals surface area (Å²) in [7, 11) is 2.62. The predicted molar refractivity (Wildman–Crippen MR) is 42.0 cm³/mol. The Morgan fingerprint density at radius 1 is 1.36 bits per heavy atom. The first-order valence-electron chi connectivity index (χ1n) is 3.57. The molecule has 1 aromatic heterocycles. The summed E-state index contributed by atoms with van der Waals surface area (Å²) in [4.78, 5) is 6.77. The maximum Gasteiger partial charge on any atom is 0.434 e. The number of hydrogen-bond acceptors (Lipinski definition) is 4. The van der Waals surface area contributed by atoms with Gasteiger partial charge in [-0.3, -0.25) is 0 Å². The lowest BCUT2D eigenvalue weighted by Crippen LogP contribution is -2.11. The second kappa shape index (κ2) is 3.69. The van der Waals surface area contributed by atoms with E-state index in [0.29, 0.717) is 0 Å². The highest BCUT2D eigenvalue weighted by Gasteiger charge is 2.34. The summed E-state index contributed by atoms with van der Waals surface area (Å²) in [5.74, 6) is -0.412. The van der Waals surface area contributed by atoms with Crippen LogP contribution in [-0.2, 0) is 6.18 Å². The number of halogens is 3. The summed E-state index contributed by atoms with van der Waals surface area (Å²) >= 11 is 0. The van der Waals surface area contributed by atoms with Gasteiger partial charge < -0.3 is 10.1 Å². The fraction of sp³-hybridized carbons (Fsp3) is 0.429. The first kappa shape index (κ1) is 10.6. The summed E-state index contributed by atoms with van der Waals surface area (Å²) in [6, 6.07) is 1.90. The third-order valence-electron chi connectivity index (χ3n) is 1.34. The number of anilines is 1. The van der Waals surface area contributed by atoms with Crippen LogP contribution >= 0.6 is 0 Å². The molecule has 0 aromatic carbocycles. The largest absolute Gasteiger partial charge is 0.480 e. The van der Waals surface area contributed by atoms with Crippen LogP contribution in [0.15, 0.2) is 0 Å². The fourth-order valence-corrected chi connectivity index (χ4v) is 0.727. The van der Waals surface area contributed by atoms with Gasteiger partial charge in [-0.25, -0.2) is 4.98 Å². The van der Waals surface area contributed by atoms with Gasteiger partial charge >= 0.3 is 6.18 Å². The van der Waals surface area contributed by atoms with Crippen LogP contribution in [-0.4, -0.2) is 24.1 Å². The van der Waals surface area contributed by atoms with Gasteiger partial charge in [-0.15, -0.1) is 0 Å². The minimum Gasteiger partial charge on any atom is -0.480 e. The molecule has 0 saturated heterocycles. The van der Waals surface area contributed by atoms with Crippen LogP contribution in [0.3, 0.4) is 0 Å². The van der Waals surface area contributed by atoms with Crippen molar-refractivity contribution in [1.29, 1.82) is 0 Å². The molecule has 4 nitrogen and oxygen atoms in total. The molecule has 1 aromatic rings. The van der Waals surface area contributed by atoms with E-state index >= 15 is 0 Å². The smallest absolute Gasteiger partial charge is 0.434 e. The molecule has 0 unspecified atom stereocenters. The zero-order valence-corrected chi connectivity index (χ0v) is 7.44. The van der Waals surface area contributed by atoms with Crippen molar-refractivity contribution in [2.45, 2.75) is 6.18 Å². The van der Waals surface area contributed by atoms with Crippen LogP contribution in [0, 0.1) is 6.07 Å². The fourth-order valence-electron chi connectivity index (χ4n) is 0.727. The minimum atomic E-state index is -4.55. The zero-order chi connectivity index (χ0) is 10.8. The Morgan fingerprint density at radius 2 is 2.00 bits per heavy atom. The Bertz CT molecular complexity index is 304. The summed E-state index contributed by atoms with van der Waals surface area (Å²) < 4.78 is 41.2. The number of hydrogen-bond donors (Lipinski definition) is 1. The SMILES string of the molecule is CNc1nc(OC)[c]c(C(F)(F)F)n1. The first-order chi connectivity index (χ1) is 6.47. The van der Waals surface area contributed by atoms with Crippen molar-refractivity contribution in [3.8, 4) is 5.88 Å². The molecule has 0 saturated carbocycles. The van der Waals surface area contributed by atoms with E-state index in [9.17, 15) is 13.2 Å². The van der Waals surface area contributed by atoms with Crippen molar-refractivity contribution < 1.29 is 17.9 Å². The molecule has 14 heavy (non-hydrogen) atoms. The highest BCUT2D eigenvalue weighted by Crippen LogP contribution is 2.29. The number of ether oxygens (including phenoxy) is 1. The van der Waals surface area contributed by atoms with E-state index in [0.717, 1.165) is 0 Å². The van der Waals surface area contributed by atoms with Gasteiger partial charge in [-0.05, 0) is 0 Å². The summed E-state index contributed by atoms with van der Waals surface area (Å²) in [6.45, 7) is 0. The van der Waals surface area contributed by atoms with E-state index in [1.54, 1.807) is 0 Å². The molecule has 0 fully saturated rings. The van der Waals surface area contributed by atoms with Crippen molar-refractivity contribution in [2.24, 2.45) is 0 Å². The topological polar surface area (TPSA) is 47.0 Å². The average Bonchev–Trinajstić information content (AvgIpc) is 2.15. The lowest BCUT2D eigenvalue weighted by molar-refractivity contribution is -0.141. The molecule has 0 aliphatic rings. The first-order valence-corrected chi connectivity index (χ1v) is 3.57. The molecule has 0 spiro atoms. The molecule has 0 bridgehead atoms. The van der Waals surface area contributed by atoms with Gasteiger partial charge in [-0.1, -0.05) is 0 Å². The van der Waals surface area contributed by atoms with E-state index < -0.39 is 11.9 Å². The molecule has 0 amide bonds. The Hall–Kier alpha value is -1.53. The maximum absolute atomic E-state index is 12.2. The summed E-state index contributed by atoms with van der Waals surface area (Å²) in [5, 5.41) is 2.39. The normalized spacial score (nSPS) is 11.2. The van der Waals surface area contributed by atoms with Crippen molar-refractivity contribution >= 4 is 5.95 Å². The number of nitrogens with one attached hydrogen (secondary N) is 1. The van der Waals surface area contributed by atoms with Gasteiger partial charge in [0.15, 0.2) is 5.69 Å². The van der Waals surface area contributed by atoms with Crippen LogP contribution in [0.2, 0.25) is 0 Å². The van der Waals surface area contributed by atoms with Crippen molar-refractivity contribution in [2.75, 3.05) is 19.5 Å². The predicted octanol–water partition coefficient (Wildman–Crippen LogP) is 1.35. The third-order valence-corrected chi connectivity index (χ3v) is 1.34. The maximum atomic E-state index is 12.2. The Kier molecular flexibility index (Phi) is 2.78. The molecule has 0 aliphatic carbocycles. The molecule has 1 radical (unpaired) electrons. The molecule has 1 heterocycles. The second-order valence-electron chi connectivity index (χ2n) is 2.28. The number of nitrogens with zero attached hydrogens (tertiary/aromatic N) is 2. The van der Waals surface area contributed by atoms with E-state index in [-0.39, 0.29) is 11.8 Å². The Morgan fingerprint density at radius 3 is 2.43 bits per heavy atom. The third kappa shape index (κ3) is 2.24. The van der Waals surface area contributed by atoms with Crippen molar-refractivity contribution in [3.05, 3.63) is 11.8 Å². The van der Waals surface area contributed by atoms with Crippen molar-refractivity contribution in [1.82, 2.24) is 9.97 Å². The van der Waals surface area contributed by atoms with Gasteiger partial charge in [0.05, 0.1) is 13.2 Å². The van der Waals surface area contributed by atoms with Crippen LogP contribution < -0.4 is 10.1 Å². The minimum absolute atomic E-state index is 0.159. The van der Waals surface area contributed by atoms with Gasteiger partial charge in [0.1, 0.15) is 0 Å². The number of rotatable bonds is 2. The second-order valence-corrected chi connectivity index (χ2v) is 2.28. The number of aromatic nitrogens is 2. The Balaban J connectivity index is 3.17. The standard InChI is InChI=1S/C7H7F3N3O/c1-11-6-12-4(7(8,9)10)3-5(13-6)14-2/h1-2H3,(H,11,12,13). The van der Waals surface area contributed by atoms with Gasteiger partial charge in [0.25, 0.3) is 0 Å². The van der Waals surface area contributed by atoms with E-state index in [1.165, 1.54) is 14.2 Å². The summed E-state index contributed by atoms with van der Waals surface area (Å²) in [6.07, 6.45) is -4.55. The highest BCUT2D eigenvalue weighted by atomic mass is 19.4. The summed E-state index contributed by atoms with van der Waals surface area (Å²) in [5.41, 5.74) is -1.16. The quantitative estimate of drug-likeness (QED) is 0.793.